The molecule has 0 saturated carbocycles. The van der Waals surface area contributed by atoms with Crippen molar-refractivity contribution in [1.82, 2.24) is 9.63 Å². The molecule has 7 heteroatoms. The number of carbonyl (C=O) groups is 1. The quantitative estimate of drug-likeness (QED) is 0.763. The van der Waals surface area contributed by atoms with Crippen LogP contribution in [0.1, 0.15) is 28.4 Å². The van der Waals surface area contributed by atoms with Gasteiger partial charge in [0.2, 0.25) is 0 Å². The highest BCUT2D eigenvalue weighted by atomic mass is 16.7. The molecule has 2 heterocycles. The van der Waals surface area contributed by atoms with Gasteiger partial charge >= 0.3 is 0 Å². The number of amides is 1. The number of hydroxylamine groups is 2. The molecule has 0 aliphatic carbocycles. The molecule has 1 amide bonds. The van der Waals surface area contributed by atoms with Crippen LogP contribution >= 0.6 is 0 Å². The molecule has 1 atom stereocenters. The van der Waals surface area contributed by atoms with Gasteiger partial charge in [-0.3, -0.25) is 14.4 Å². The standard InChI is InChI=1S/C21H26N2O5/c1-14-12-23(28-13-14)21(25)19-15(2)7-9-22(20(19)24)10-8-16-5-6-17(26-3)18(11-16)27-4/h5-7,9,11,14H,8,10,12-13H2,1-4H3. The minimum atomic E-state index is -0.368. The Morgan fingerprint density at radius 3 is 2.61 bits per heavy atom. The zero-order valence-electron chi connectivity index (χ0n) is 16.7. The highest BCUT2D eigenvalue weighted by Crippen LogP contribution is 2.27. The molecule has 1 aliphatic rings. The van der Waals surface area contributed by atoms with Gasteiger partial charge in [-0.25, -0.2) is 5.06 Å². The Labute approximate surface area is 164 Å². The summed E-state index contributed by atoms with van der Waals surface area (Å²) in [4.78, 5) is 31.1. The molecule has 0 bridgehead atoms. The number of pyridine rings is 1. The lowest BCUT2D eigenvalue weighted by Gasteiger charge is -2.16. The number of aryl methyl sites for hydroxylation is 3. The Kier molecular flexibility index (Phi) is 6.04. The van der Waals surface area contributed by atoms with Gasteiger partial charge in [0.1, 0.15) is 5.56 Å². The molecule has 1 saturated heterocycles. The van der Waals surface area contributed by atoms with Gasteiger partial charge in [-0.05, 0) is 42.7 Å². The number of rotatable bonds is 6. The van der Waals surface area contributed by atoms with Crippen molar-refractivity contribution >= 4 is 5.91 Å². The highest BCUT2D eigenvalue weighted by molar-refractivity contribution is 5.94. The van der Waals surface area contributed by atoms with Crippen LogP contribution in [-0.2, 0) is 17.8 Å². The van der Waals surface area contributed by atoms with Crippen molar-refractivity contribution in [2.24, 2.45) is 5.92 Å². The third-order valence-electron chi connectivity index (χ3n) is 4.90. The van der Waals surface area contributed by atoms with Crippen molar-refractivity contribution in [1.29, 1.82) is 0 Å². The predicted molar refractivity (Wildman–Crippen MR) is 105 cm³/mol. The first-order valence-electron chi connectivity index (χ1n) is 9.30. The molecule has 28 heavy (non-hydrogen) atoms. The average Bonchev–Trinajstić information content (AvgIpc) is 3.13. The summed E-state index contributed by atoms with van der Waals surface area (Å²) in [6.07, 6.45) is 2.34. The van der Waals surface area contributed by atoms with Gasteiger partial charge in [-0.1, -0.05) is 13.0 Å². The molecule has 0 N–H and O–H groups in total. The number of hydrogen-bond acceptors (Lipinski definition) is 5. The maximum Gasteiger partial charge on any atom is 0.283 e. The summed E-state index contributed by atoms with van der Waals surface area (Å²) in [5.74, 6) is 1.20. The molecular formula is C21H26N2O5. The Morgan fingerprint density at radius 2 is 1.96 bits per heavy atom. The van der Waals surface area contributed by atoms with Gasteiger partial charge in [0, 0.05) is 18.7 Å². The predicted octanol–water partition coefficient (Wildman–Crippen LogP) is 2.44. The molecule has 150 valence electrons. The van der Waals surface area contributed by atoms with E-state index < -0.39 is 0 Å². The lowest BCUT2D eigenvalue weighted by Crippen LogP contribution is -2.35. The van der Waals surface area contributed by atoms with Gasteiger partial charge in [-0.2, -0.15) is 0 Å². The summed E-state index contributed by atoms with van der Waals surface area (Å²) in [6.45, 7) is 5.22. The van der Waals surface area contributed by atoms with Crippen LogP contribution in [0.5, 0.6) is 11.5 Å². The van der Waals surface area contributed by atoms with E-state index in [1.165, 1.54) is 5.06 Å². The molecule has 1 unspecified atom stereocenters. The van der Waals surface area contributed by atoms with Gasteiger partial charge in [0.05, 0.1) is 27.4 Å². The van der Waals surface area contributed by atoms with E-state index in [2.05, 4.69) is 0 Å². The second kappa shape index (κ2) is 8.48. The summed E-state index contributed by atoms with van der Waals surface area (Å²) < 4.78 is 12.1. The fraction of sp³-hybridized carbons (Fsp3) is 0.429. The van der Waals surface area contributed by atoms with Crippen LogP contribution in [0.25, 0.3) is 0 Å². The van der Waals surface area contributed by atoms with E-state index in [-0.39, 0.29) is 22.9 Å². The normalized spacial score (nSPS) is 16.3. The zero-order valence-corrected chi connectivity index (χ0v) is 16.7. The van der Waals surface area contributed by atoms with Crippen LogP contribution in [-0.4, -0.2) is 42.9 Å². The van der Waals surface area contributed by atoms with E-state index in [0.717, 1.165) is 5.56 Å². The van der Waals surface area contributed by atoms with E-state index >= 15 is 0 Å². The molecule has 3 rings (SSSR count). The Hall–Kier alpha value is -2.80. The minimum Gasteiger partial charge on any atom is -0.493 e. The number of methoxy groups -OCH3 is 2. The molecule has 0 spiro atoms. The minimum absolute atomic E-state index is 0.170. The van der Waals surface area contributed by atoms with Gasteiger partial charge in [0.25, 0.3) is 11.5 Å². The number of carbonyl (C=O) groups excluding carboxylic acids is 1. The molecule has 1 aromatic heterocycles. The maximum atomic E-state index is 12.9. The first-order chi connectivity index (χ1) is 13.4. The molecule has 7 nitrogen and oxygen atoms in total. The summed E-state index contributed by atoms with van der Waals surface area (Å²) in [5, 5.41) is 1.30. The number of nitrogens with zero attached hydrogens (tertiary/aromatic N) is 2. The van der Waals surface area contributed by atoms with Crippen LogP contribution in [0.2, 0.25) is 0 Å². The highest BCUT2D eigenvalue weighted by Gasteiger charge is 2.28. The summed E-state index contributed by atoms with van der Waals surface area (Å²) in [7, 11) is 3.18. The van der Waals surface area contributed by atoms with Crippen molar-refractivity contribution in [3.8, 4) is 11.5 Å². The van der Waals surface area contributed by atoms with Gasteiger partial charge in [0.15, 0.2) is 11.5 Å². The lowest BCUT2D eigenvalue weighted by atomic mass is 10.1. The number of aromatic nitrogens is 1. The second-order valence-electron chi connectivity index (χ2n) is 7.08. The van der Waals surface area contributed by atoms with Crippen LogP contribution in [0.4, 0.5) is 0 Å². The number of benzene rings is 1. The molecule has 1 aliphatic heterocycles. The molecule has 1 fully saturated rings. The Balaban J connectivity index is 1.80. The lowest BCUT2D eigenvalue weighted by molar-refractivity contribution is -0.0774. The van der Waals surface area contributed by atoms with Gasteiger partial charge in [-0.15, -0.1) is 0 Å². The van der Waals surface area contributed by atoms with Crippen LogP contribution < -0.4 is 15.0 Å². The third kappa shape index (κ3) is 4.04. The summed E-state index contributed by atoms with van der Waals surface area (Å²) in [6, 6.07) is 7.46. The molecular weight excluding hydrogens is 360 g/mol. The summed E-state index contributed by atoms with van der Waals surface area (Å²) in [5.41, 5.74) is 1.53. The van der Waals surface area contributed by atoms with Gasteiger partial charge < -0.3 is 14.0 Å². The summed E-state index contributed by atoms with van der Waals surface area (Å²) >= 11 is 0. The van der Waals surface area contributed by atoms with Crippen LogP contribution in [0.15, 0.2) is 35.3 Å². The van der Waals surface area contributed by atoms with E-state index in [9.17, 15) is 9.59 Å². The third-order valence-corrected chi connectivity index (χ3v) is 4.90. The fourth-order valence-corrected chi connectivity index (χ4v) is 3.26. The monoisotopic (exact) mass is 386 g/mol. The smallest absolute Gasteiger partial charge is 0.283 e. The maximum absolute atomic E-state index is 12.9. The van der Waals surface area contributed by atoms with Crippen molar-refractivity contribution in [2.45, 2.75) is 26.8 Å². The van der Waals surface area contributed by atoms with E-state index in [1.54, 1.807) is 38.0 Å². The van der Waals surface area contributed by atoms with E-state index in [4.69, 9.17) is 14.3 Å². The van der Waals surface area contributed by atoms with Crippen molar-refractivity contribution in [3.05, 3.63) is 57.5 Å². The molecule has 1 aromatic carbocycles. The van der Waals surface area contributed by atoms with Crippen LogP contribution in [0.3, 0.4) is 0 Å². The largest absolute Gasteiger partial charge is 0.493 e. The van der Waals surface area contributed by atoms with Crippen molar-refractivity contribution in [3.63, 3.8) is 0 Å². The second-order valence-corrected chi connectivity index (χ2v) is 7.08. The Bertz CT molecular complexity index is 921. The topological polar surface area (TPSA) is 70.0 Å². The Morgan fingerprint density at radius 1 is 1.21 bits per heavy atom. The van der Waals surface area contributed by atoms with Crippen molar-refractivity contribution in [2.75, 3.05) is 27.4 Å². The SMILES string of the molecule is COc1ccc(CCn2ccc(C)c(C(=O)N3CC(C)CO3)c2=O)cc1OC. The fourth-order valence-electron chi connectivity index (χ4n) is 3.26. The first kappa shape index (κ1) is 19.9. The molecule has 2 aromatic rings. The number of hydrogen-bond donors (Lipinski definition) is 0. The van der Waals surface area contributed by atoms with E-state index in [1.807, 2.05) is 25.1 Å². The molecule has 0 radical (unpaired) electrons. The average molecular weight is 386 g/mol. The van der Waals surface area contributed by atoms with Crippen LogP contribution in [0, 0.1) is 12.8 Å². The number of ether oxygens (including phenoxy) is 2. The zero-order chi connectivity index (χ0) is 20.3. The first-order valence-corrected chi connectivity index (χ1v) is 9.30. The van der Waals surface area contributed by atoms with E-state index in [0.29, 0.717) is 43.2 Å². The van der Waals surface area contributed by atoms with Crippen molar-refractivity contribution < 1.29 is 19.1 Å².